The van der Waals surface area contributed by atoms with Gasteiger partial charge in [-0.2, -0.15) is 0 Å². The molecule has 0 unspecified atom stereocenters. The Morgan fingerprint density at radius 1 is 1.25 bits per heavy atom. The minimum atomic E-state index is 0.0757. The highest BCUT2D eigenvalue weighted by molar-refractivity contribution is 5.77. The van der Waals surface area contributed by atoms with E-state index in [2.05, 4.69) is 23.6 Å². The third-order valence-corrected chi connectivity index (χ3v) is 3.11. The molecule has 0 bridgehead atoms. The van der Waals surface area contributed by atoms with Gasteiger partial charge in [-0.25, -0.2) is 0 Å². The van der Waals surface area contributed by atoms with Gasteiger partial charge < -0.3 is 15.4 Å². The Morgan fingerprint density at radius 2 is 2.10 bits per heavy atom. The first kappa shape index (κ1) is 16.5. The monoisotopic (exact) mass is 278 g/mol. The molecule has 112 valence electrons. The number of methoxy groups -OCH3 is 1. The van der Waals surface area contributed by atoms with Crippen molar-refractivity contribution in [3.8, 4) is 5.75 Å². The number of hydrogen-bond acceptors (Lipinski definition) is 3. The highest BCUT2D eigenvalue weighted by Crippen LogP contribution is 2.12. The number of ether oxygens (including phenoxy) is 1. The zero-order valence-corrected chi connectivity index (χ0v) is 12.6. The van der Waals surface area contributed by atoms with Crippen molar-refractivity contribution in [3.63, 3.8) is 0 Å². The van der Waals surface area contributed by atoms with Gasteiger partial charge in [-0.1, -0.05) is 31.9 Å². The normalized spacial score (nSPS) is 10.3. The lowest BCUT2D eigenvalue weighted by molar-refractivity contribution is -0.120. The van der Waals surface area contributed by atoms with Crippen LogP contribution in [0.15, 0.2) is 24.3 Å². The van der Waals surface area contributed by atoms with Gasteiger partial charge in [0.25, 0.3) is 0 Å². The molecule has 1 amide bonds. The zero-order valence-electron chi connectivity index (χ0n) is 12.6. The van der Waals surface area contributed by atoms with E-state index in [4.69, 9.17) is 4.74 Å². The average Bonchev–Trinajstić information content (AvgIpc) is 2.48. The largest absolute Gasteiger partial charge is 0.497 e. The standard InChI is InChI=1S/C16H26N2O2/c1-3-4-5-10-18-16(19)13-17-11-9-14-7-6-8-15(12-14)20-2/h6-8,12,17H,3-5,9-11,13H2,1-2H3,(H,18,19). The van der Waals surface area contributed by atoms with Crippen LogP contribution < -0.4 is 15.4 Å². The lowest BCUT2D eigenvalue weighted by atomic mass is 10.1. The summed E-state index contributed by atoms with van der Waals surface area (Å²) in [4.78, 5) is 11.5. The molecule has 0 atom stereocenters. The zero-order chi connectivity index (χ0) is 14.6. The molecular formula is C16H26N2O2. The topological polar surface area (TPSA) is 50.4 Å². The molecule has 1 rings (SSSR count). The van der Waals surface area contributed by atoms with Crippen LogP contribution in [-0.2, 0) is 11.2 Å². The smallest absolute Gasteiger partial charge is 0.233 e. The molecule has 0 aliphatic heterocycles. The summed E-state index contributed by atoms with van der Waals surface area (Å²) in [6.07, 6.45) is 4.30. The number of benzene rings is 1. The van der Waals surface area contributed by atoms with Crippen LogP contribution in [0.2, 0.25) is 0 Å². The van der Waals surface area contributed by atoms with E-state index < -0.39 is 0 Å². The fourth-order valence-electron chi connectivity index (χ4n) is 1.93. The minimum Gasteiger partial charge on any atom is -0.497 e. The maximum absolute atomic E-state index is 11.5. The van der Waals surface area contributed by atoms with Crippen LogP contribution in [0.5, 0.6) is 5.75 Å². The minimum absolute atomic E-state index is 0.0757. The van der Waals surface area contributed by atoms with Crippen LogP contribution in [-0.4, -0.2) is 32.7 Å². The van der Waals surface area contributed by atoms with Crippen LogP contribution in [0.4, 0.5) is 0 Å². The van der Waals surface area contributed by atoms with Crippen LogP contribution in [0.3, 0.4) is 0 Å². The molecule has 20 heavy (non-hydrogen) atoms. The van der Waals surface area contributed by atoms with Gasteiger partial charge in [-0.05, 0) is 37.1 Å². The fourth-order valence-corrected chi connectivity index (χ4v) is 1.93. The fraction of sp³-hybridized carbons (Fsp3) is 0.562. The van der Waals surface area contributed by atoms with Gasteiger partial charge in [0.2, 0.25) is 5.91 Å². The van der Waals surface area contributed by atoms with Gasteiger partial charge in [0.15, 0.2) is 0 Å². The maximum Gasteiger partial charge on any atom is 0.233 e. The Hall–Kier alpha value is -1.55. The lowest BCUT2D eigenvalue weighted by Gasteiger charge is -2.07. The summed E-state index contributed by atoms with van der Waals surface area (Å²) >= 11 is 0. The van der Waals surface area contributed by atoms with E-state index in [0.29, 0.717) is 6.54 Å². The summed E-state index contributed by atoms with van der Waals surface area (Å²) in [6, 6.07) is 8.00. The van der Waals surface area contributed by atoms with Crippen LogP contribution in [0.1, 0.15) is 31.7 Å². The summed E-state index contributed by atoms with van der Waals surface area (Å²) in [5, 5.41) is 6.07. The van der Waals surface area contributed by atoms with Crippen molar-refractivity contribution in [1.82, 2.24) is 10.6 Å². The molecule has 0 radical (unpaired) electrons. The van der Waals surface area contributed by atoms with E-state index in [1.807, 2.05) is 18.2 Å². The summed E-state index contributed by atoms with van der Waals surface area (Å²) in [5.74, 6) is 0.947. The van der Waals surface area contributed by atoms with Crippen LogP contribution >= 0.6 is 0 Å². The highest BCUT2D eigenvalue weighted by atomic mass is 16.5. The number of rotatable bonds is 10. The van der Waals surface area contributed by atoms with Gasteiger partial charge >= 0.3 is 0 Å². The number of unbranched alkanes of at least 4 members (excludes halogenated alkanes) is 2. The van der Waals surface area contributed by atoms with E-state index in [9.17, 15) is 4.79 Å². The van der Waals surface area contributed by atoms with Crippen LogP contribution in [0.25, 0.3) is 0 Å². The van der Waals surface area contributed by atoms with Crippen molar-refractivity contribution in [3.05, 3.63) is 29.8 Å². The van der Waals surface area contributed by atoms with Crippen molar-refractivity contribution >= 4 is 5.91 Å². The number of carbonyl (C=O) groups is 1. The maximum atomic E-state index is 11.5. The average molecular weight is 278 g/mol. The molecule has 4 heteroatoms. The third-order valence-electron chi connectivity index (χ3n) is 3.11. The van der Waals surface area contributed by atoms with Crippen molar-refractivity contribution < 1.29 is 9.53 Å². The number of carbonyl (C=O) groups excluding carboxylic acids is 1. The molecule has 1 aromatic carbocycles. The Morgan fingerprint density at radius 3 is 2.85 bits per heavy atom. The lowest BCUT2D eigenvalue weighted by Crippen LogP contribution is -2.35. The van der Waals surface area contributed by atoms with Gasteiger partial charge in [0, 0.05) is 6.54 Å². The summed E-state index contributed by atoms with van der Waals surface area (Å²) in [7, 11) is 1.67. The molecule has 1 aromatic rings. The summed E-state index contributed by atoms with van der Waals surface area (Å²) in [6.45, 7) is 4.11. The van der Waals surface area contributed by atoms with Crippen molar-refractivity contribution in [2.24, 2.45) is 0 Å². The predicted molar refractivity (Wildman–Crippen MR) is 82.1 cm³/mol. The van der Waals surface area contributed by atoms with E-state index >= 15 is 0 Å². The molecule has 0 aliphatic carbocycles. The molecule has 0 aliphatic rings. The van der Waals surface area contributed by atoms with Gasteiger partial charge in [-0.15, -0.1) is 0 Å². The van der Waals surface area contributed by atoms with Crippen molar-refractivity contribution in [1.29, 1.82) is 0 Å². The SMILES string of the molecule is CCCCCNC(=O)CNCCc1cccc(OC)c1. The Kier molecular flexibility index (Phi) is 8.47. The second-order valence-electron chi connectivity index (χ2n) is 4.84. The second-order valence-corrected chi connectivity index (χ2v) is 4.84. The quantitative estimate of drug-likeness (QED) is 0.645. The predicted octanol–water partition coefficient (Wildman–Crippen LogP) is 2.13. The van der Waals surface area contributed by atoms with Crippen LogP contribution in [0, 0.1) is 0 Å². The van der Waals surface area contributed by atoms with Crippen molar-refractivity contribution in [2.75, 3.05) is 26.7 Å². The highest BCUT2D eigenvalue weighted by Gasteiger charge is 2.00. The Balaban J connectivity index is 2.10. The first-order valence-corrected chi connectivity index (χ1v) is 7.36. The van der Waals surface area contributed by atoms with E-state index in [0.717, 1.165) is 31.7 Å². The number of nitrogens with one attached hydrogen (secondary N) is 2. The van der Waals surface area contributed by atoms with E-state index in [-0.39, 0.29) is 5.91 Å². The third kappa shape index (κ3) is 7.14. The molecule has 4 nitrogen and oxygen atoms in total. The molecule has 0 saturated carbocycles. The molecular weight excluding hydrogens is 252 g/mol. The Labute approximate surface area is 121 Å². The summed E-state index contributed by atoms with van der Waals surface area (Å²) in [5.41, 5.74) is 1.21. The first-order chi connectivity index (χ1) is 9.76. The Bertz CT molecular complexity index is 394. The van der Waals surface area contributed by atoms with Gasteiger partial charge in [0.1, 0.15) is 5.75 Å². The van der Waals surface area contributed by atoms with Gasteiger partial charge in [0.05, 0.1) is 13.7 Å². The summed E-state index contributed by atoms with van der Waals surface area (Å²) < 4.78 is 5.18. The van der Waals surface area contributed by atoms with Crippen molar-refractivity contribution in [2.45, 2.75) is 32.6 Å². The first-order valence-electron chi connectivity index (χ1n) is 7.36. The molecule has 0 spiro atoms. The molecule has 0 saturated heterocycles. The molecule has 2 N–H and O–H groups in total. The number of hydrogen-bond donors (Lipinski definition) is 2. The van der Waals surface area contributed by atoms with E-state index in [1.165, 1.54) is 18.4 Å². The second kappa shape index (κ2) is 10.3. The molecule has 0 aromatic heterocycles. The van der Waals surface area contributed by atoms with Gasteiger partial charge in [-0.3, -0.25) is 4.79 Å². The van der Waals surface area contributed by atoms with E-state index in [1.54, 1.807) is 7.11 Å². The molecule has 0 heterocycles. The molecule has 0 fully saturated rings. The number of amides is 1.